The summed E-state index contributed by atoms with van der Waals surface area (Å²) >= 11 is 0. The Balaban J connectivity index is 2.04. The summed E-state index contributed by atoms with van der Waals surface area (Å²) in [5.41, 5.74) is 2.01. The highest BCUT2D eigenvalue weighted by Gasteiger charge is 2.15. The first-order valence-electron chi connectivity index (χ1n) is 8.64. The third-order valence-corrected chi connectivity index (χ3v) is 4.02. The summed E-state index contributed by atoms with van der Waals surface area (Å²) in [6.45, 7) is 8.38. The molecule has 5 heteroatoms. The van der Waals surface area contributed by atoms with Crippen LogP contribution in [0.3, 0.4) is 0 Å². The number of piperidine rings is 1. The molecule has 0 aromatic heterocycles. The molecule has 0 unspecified atom stereocenters. The Kier molecular flexibility index (Phi) is 7.20. The monoisotopic (exact) mass is 319 g/mol. The van der Waals surface area contributed by atoms with Gasteiger partial charge in [0.25, 0.3) is 0 Å². The van der Waals surface area contributed by atoms with Gasteiger partial charge in [-0.2, -0.15) is 0 Å². The summed E-state index contributed by atoms with van der Waals surface area (Å²) in [6.07, 6.45) is 4.66. The van der Waals surface area contributed by atoms with Crippen molar-refractivity contribution < 1.29 is 9.84 Å². The highest BCUT2D eigenvalue weighted by molar-refractivity contribution is 5.94. The average molecular weight is 319 g/mol. The van der Waals surface area contributed by atoms with E-state index in [9.17, 15) is 5.11 Å². The number of rotatable bonds is 6. The van der Waals surface area contributed by atoms with Crippen LogP contribution in [0.2, 0.25) is 0 Å². The van der Waals surface area contributed by atoms with Crippen LogP contribution in [-0.4, -0.2) is 48.8 Å². The van der Waals surface area contributed by atoms with E-state index in [0.717, 1.165) is 56.5 Å². The number of aliphatic imine (C=N–C) groups is 1. The van der Waals surface area contributed by atoms with Gasteiger partial charge in [0.1, 0.15) is 5.75 Å². The summed E-state index contributed by atoms with van der Waals surface area (Å²) < 4.78 is 5.38. The molecule has 1 heterocycles. The first-order valence-corrected chi connectivity index (χ1v) is 8.64. The maximum atomic E-state index is 9.56. The third kappa shape index (κ3) is 5.75. The van der Waals surface area contributed by atoms with Gasteiger partial charge in [-0.15, -0.1) is 0 Å². The molecule has 2 rings (SSSR count). The molecule has 2 N–H and O–H groups in total. The number of aryl methyl sites for hydroxylation is 1. The van der Waals surface area contributed by atoms with E-state index >= 15 is 0 Å². The van der Waals surface area contributed by atoms with Gasteiger partial charge in [-0.05, 0) is 63.3 Å². The number of hydrogen-bond donors (Lipinski definition) is 2. The zero-order valence-corrected chi connectivity index (χ0v) is 14.3. The quantitative estimate of drug-likeness (QED) is 0.365. The molecule has 1 aliphatic heterocycles. The lowest BCUT2D eigenvalue weighted by atomic mass is 10.1. The van der Waals surface area contributed by atoms with E-state index in [1.165, 1.54) is 19.3 Å². The topological polar surface area (TPSA) is 57.1 Å². The van der Waals surface area contributed by atoms with Gasteiger partial charge >= 0.3 is 0 Å². The first kappa shape index (κ1) is 17.6. The van der Waals surface area contributed by atoms with Crippen LogP contribution in [0.25, 0.3) is 0 Å². The molecule has 1 saturated heterocycles. The number of nitrogens with zero attached hydrogens (tertiary/aromatic N) is 2. The Morgan fingerprint density at radius 1 is 1.30 bits per heavy atom. The predicted molar refractivity (Wildman–Crippen MR) is 95.3 cm³/mol. The lowest BCUT2D eigenvalue weighted by molar-refractivity contribution is 0.146. The van der Waals surface area contributed by atoms with Gasteiger partial charge in [0, 0.05) is 38.5 Å². The van der Waals surface area contributed by atoms with Crippen molar-refractivity contribution in [3.63, 3.8) is 0 Å². The number of ether oxygens (including phenoxy) is 1. The minimum absolute atomic E-state index is 0.293. The van der Waals surface area contributed by atoms with Gasteiger partial charge in [-0.25, -0.2) is 0 Å². The maximum absolute atomic E-state index is 9.56. The van der Waals surface area contributed by atoms with E-state index < -0.39 is 0 Å². The van der Waals surface area contributed by atoms with E-state index in [0.29, 0.717) is 5.75 Å². The Morgan fingerprint density at radius 3 is 2.78 bits per heavy atom. The Labute approximate surface area is 139 Å². The van der Waals surface area contributed by atoms with Crippen LogP contribution in [0.5, 0.6) is 5.75 Å². The summed E-state index contributed by atoms with van der Waals surface area (Å²) in [4.78, 5) is 7.10. The van der Waals surface area contributed by atoms with Crippen LogP contribution in [0.1, 0.15) is 38.2 Å². The van der Waals surface area contributed by atoms with Crippen LogP contribution in [0, 0.1) is 6.92 Å². The molecule has 0 aliphatic carbocycles. The number of nitrogens with one attached hydrogen (secondary N) is 1. The molecule has 1 aromatic rings. The van der Waals surface area contributed by atoms with Crippen LogP contribution < -0.4 is 5.32 Å². The van der Waals surface area contributed by atoms with Crippen molar-refractivity contribution in [2.75, 3.05) is 38.2 Å². The second-order valence-corrected chi connectivity index (χ2v) is 5.93. The number of aromatic hydroxyl groups is 1. The summed E-state index contributed by atoms with van der Waals surface area (Å²) in [5.74, 6) is 1.23. The van der Waals surface area contributed by atoms with Crippen LogP contribution in [0.15, 0.2) is 23.2 Å². The second kappa shape index (κ2) is 9.40. The van der Waals surface area contributed by atoms with E-state index in [1.54, 1.807) is 12.1 Å². The van der Waals surface area contributed by atoms with E-state index in [-0.39, 0.29) is 0 Å². The van der Waals surface area contributed by atoms with Gasteiger partial charge < -0.3 is 20.1 Å². The number of benzene rings is 1. The fraction of sp³-hybridized carbons (Fsp3) is 0.611. The minimum Gasteiger partial charge on any atom is -0.508 e. The largest absolute Gasteiger partial charge is 0.508 e. The fourth-order valence-corrected chi connectivity index (χ4v) is 2.73. The molecule has 0 saturated carbocycles. The van der Waals surface area contributed by atoms with Gasteiger partial charge in [0.2, 0.25) is 0 Å². The van der Waals surface area contributed by atoms with Crippen molar-refractivity contribution in [1.82, 2.24) is 4.90 Å². The highest BCUT2D eigenvalue weighted by Crippen LogP contribution is 2.21. The van der Waals surface area contributed by atoms with E-state index in [4.69, 9.17) is 9.73 Å². The number of guanidine groups is 1. The van der Waals surface area contributed by atoms with Gasteiger partial charge in [-0.1, -0.05) is 0 Å². The van der Waals surface area contributed by atoms with Crippen molar-refractivity contribution in [2.24, 2.45) is 4.99 Å². The normalized spacial score (nSPS) is 15.7. The van der Waals surface area contributed by atoms with Crippen LogP contribution in [0.4, 0.5) is 5.69 Å². The zero-order chi connectivity index (χ0) is 16.5. The number of phenols is 1. The molecule has 1 aliphatic rings. The van der Waals surface area contributed by atoms with E-state index in [1.807, 2.05) is 19.9 Å². The standard InChI is InChI=1S/C18H29N3O2/c1-3-23-13-7-10-19-18(21-11-5-4-6-12-21)20-17-9-8-16(22)14-15(17)2/h8-9,14,22H,3-7,10-13H2,1-2H3,(H,19,20). The Morgan fingerprint density at radius 2 is 2.09 bits per heavy atom. The Hall–Kier alpha value is -1.75. The van der Waals surface area contributed by atoms with Gasteiger partial charge in [0.15, 0.2) is 5.96 Å². The fourth-order valence-electron chi connectivity index (χ4n) is 2.73. The molecular weight excluding hydrogens is 290 g/mol. The van der Waals surface area contributed by atoms with Crippen molar-refractivity contribution in [1.29, 1.82) is 0 Å². The van der Waals surface area contributed by atoms with Crippen molar-refractivity contribution in [3.8, 4) is 5.75 Å². The van der Waals surface area contributed by atoms with E-state index in [2.05, 4.69) is 10.2 Å². The molecule has 0 atom stereocenters. The third-order valence-electron chi connectivity index (χ3n) is 4.02. The molecule has 0 radical (unpaired) electrons. The van der Waals surface area contributed by atoms with Gasteiger partial charge in [0.05, 0.1) is 0 Å². The second-order valence-electron chi connectivity index (χ2n) is 5.93. The zero-order valence-electron chi connectivity index (χ0n) is 14.3. The van der Waals surface area contributed by atoms with Crippen LogP contribution >= 0.6 is 0 Å². The SMILES string of the molecule is CCOCCCN=C(Nc1ccc(O)cc1C)N1CCCCC1. The lowest BCUT2D eigenvalue weighted by Crippen LogP contribution is -2.40. The number of anilines is 1. The molecule has 23 heavy (non-hydrogen) atoms. The van der Waals surface area contributed by atoms with Gasteiger partial charge in [-0.3, -0.25) is 4.99 Å². The van der Waals surface area contributed by atoms with Crippen molar-refractivity contribution in [2.45, 2.75) is 39.5 Å². The summed E-state index contributed by atoms with van der Waals surface area (Å²) in [5, 5.41) is 13.0. The highest BCUT2D eigenvalue weighted by atomic mass is 16.5. The average Bonchev–Trinajstić information content (AvgIpc) is 2.56. The smallest absolute Gasteiger partial charge is 0.198 e. The molecule has 0 amide bonds. The number of likely N-dealkylation sites (tertiary alicyclic amines) is 1. The molecule has 128 valence electrons. The van der Waals surface area contributed by atoms with Crippen LogP contribution in [-0.2, 0) is 4.74 Å². The number of phenolic OH excluding ortho intramolecular Hbond substituents is 1. The lowest BCUT2D eigenvalue weighted by Gasteiger charge is -2.30. The molecular formula is C18H29N3O2. The molecule has 5 nitrogen and oxygen atoms in total. The maximum Gasteiger partial charge on any atom is 0.198 e. The first-order chi connectivity index (χ1) is 11.2. The minimum atomic E-state index is 0.293. The summed E-state index contributed by atoms with van der Waals surface area (Å²) in [6, 6.07) is 5.38. The predicted octanol–water partition coefficient (Wildman–Crippen LogP) is 3.38. The number of hydrogen-bond acceptors (Lipinski definition) is 3. The molecule has 0 bridgehead atoms. The molecule has 1 fully saturated rings. The van der Waals surface area contributed by atoms with Crippen molar-refractivity contribution >= 4 is 11.6 Å². The summed E-state index contributed by atoms with van der Waals surface area (Å²) in [7, 11) is 0. The molecule has 0 spiro atoms. The van der Waals surface area contributed by atoms with Crippen molar-refractivity contribution in [3.05, 3.63) is 23.8 Å². The molecule has 1 aromatic carbocycles. The Bertz CT molecular complexity index is 511.